The van der Waals surface area contributed by atoms with E-state index in [4.69, 9.17) is 9.72 Å². The van der Waals surface area contributed by atoms with Gasteiger partial charge in [0, 0.05) is 17.5 Å². The molecule has 2 aliphatic carbocycles. The third-order valence-electron chi connectivity index (χ3n) is 7.53. The van der Waals surface area contributed by atoms with Gasteiger partial charge < -0.3 is 14.4 Å². The highest BCUT2D eigenvalue weighted by Gasteiger charge is 2.25. The first-order valence-corrected chi connectivity index (χ1v) is 13.1. The predicted octanol–water partition coefficient (Wildman–Crippen LogP) is 7.77. The Labute approximate surface area is 216 Å². The van der Waals surface area contributed by atoms with E-state index in [9.17, 15) is 9.90 Å². The lowest BCUT2D eigenvalue weighted by Crippen LogP contribution is -2.18. The second-order valence-electron chi connectivity index (χ2n) is 9.94. The van der Waals surface area contributed by atoms with Crippen LogP contribution in [0.2, 0.25) is 0 Å². The molecule has 0 bridgehead atoms. The number of carbonyl (C=O) groups is 1. The summed E-state index contributed by atoms with van der Waals surface area (Å²) in [5.74, 6) is 1.03. The van der Waals surface area contributed by atoms with Crippen molar-refractivity contribution in [3.05, 3.63) is 108 Å². The van der Waals surface area contributed by atoms with Crippen molar-refractivity contribution in [2.24, 2.45) is 5.92 Å². The fourth-order valence-electron chi connectivity index (χ4n) is 5.67. The molecule has 0 amide bonds. The van der Waals surface area contributed by atoms with E-state index in [2.05, 4.69) is 65.3 Å². The number of aromatic carboxylic acids is 1. The van der Waals surface area contributed by atoms with Gasteiger partial charge in [-0.15, -0.1) is 0 Å². The maximum Gasteiger partial charge on any atom is 0.335 e. The number of allylic oxidation sites excluding steroid dienone is 3. The normalized spacial score (nSPS) is 18.3. The Hall–Kier alpha value is -4.12. The van der Waals surface area contributed by atoms with Crippen LogP contribution >= 0.6 is 0 Å². The lowest BCUT2D eigenvalue weighted by Gasteiger charge is -2.27. The van der Waals surface area contributed by atoms with Gasteiger partial charge in [0.1, 0.15) is 17.7 Å². The molecule has 3 aromatic carbocycles. The van der Waals surface area contributed by atoms with E-state index in [1.165, 1.54) is 12.8 Å². The molecule has 1 heterocycles. The topological polar surface area (TPSA) is 64.3 Å². The zero-order chi connectivity index (χ0) is 25.2. The third-order valence-corrected chi connectivity index (χ3v) is 7.53. The van der Waals surface area contributed by atoms with Crippen molar-refractivity contribution < 1.29 is 14.6 Å². The van der Waals surface area contributed by atoms with Gasteiger partial charge in [-0.3, -0.25) is 0 Å². The summed E-state index contributed by atoms with van der Waals surface area (Å²) in [6.45, 7) is 0. The van der Waals surface area contributed by atoms with E-state index < -0.39 is 5.97 Å². The van der Waals surface area contributed by atoms with E-state index >= 15 is 0 Å². The van der Waals surface area contributed by atoms with Crippen LogP contribution < -0.4 is 4.74 Å². The van der Waals surface area contributed by atoms with Crippen LogP contribution in [-0.4, -0.2) is 20.6 Å². The summed E-state index contributed by atoms with van der Waals surface area (Å²) in [5.41, 5.74) is 4.15. The second kappa shape index (κ2) is 10.1. The van der Waals surface area contributed by atoms with Crippen LogP contribution in [0, 0.1) is 5.92 Å². The molecule has 4 aromatic rings. The number of nitrogens with zero attached hydrogens (tertiary/aromatic N) is 2. The monoisotopic (exact) mass is 490 g/mol. The largest absolute Gasteiger partial charge is 0.485 e. The van der Waals surface area contributed by atoms with Crippen LogP contribution in [0.4, 0.5) is 0 Å². The lowest BCUT2D eigenvalue weighted by atomic mass is 9.90. The number of fused-ring (bicyclic) bond motifs is 1. The highest BCUT2D eigenvalue weighted by molar-refractivity contribution is 5.93. The molecule has 2 atom stereocenters. The number of hydrogen-bond donors (Lipinski definition) is 1. The summed E-state index contributed by atoms with van der Waals surface area (Å²) in [4.78, 5) is 16.5. The molecule has 0 saturated heterocycles. The minimum atomic E-state index is -0.934. The number of hydrogen-bond acceptors (Lipinski definition) is 3. The van der Waals surface area contributed by atoms with Crippen LogP contribution in [0.5, 0.6) is 5.75 Å². The quantitative estimate of drug-likeness (QED) is 0.287. The molecule has 0 aliphatic heterocycles. The number of carboxylic acid groups (broad SMARTS) is 1. The van der Waals surface area contributed by atoms with Crippen molar-refractivity contribution in [3.63, 3.8) is 0 Å². The van der Waals surface area contributed by atoms with Crippen LogP contribution in [0.1, 0.15) is 60.2 Å². The van der Waals surface area contributed by atoms with Crippen LogP contribution in [0.25, 0.3) is 22.4 Å². The zero-order valence-electron chi connectivity index (χ0n) is 20.7. The number of rotatable bonds is 7. The molecule has 1 saturated carbocycles. The van der Waals surface area contributed by atoms with Gasteiger partial charge in [-0.1, -0.05) is 67.5 Å². The van der Waals surface area contributed by atoms with Crippen molar-refractivity contribution in [3.8, 4) is 17.1 Å². The molecule has 1 N–H and O–H groups in total. The molecule has 186 valence electrons. The van der Waals surface area contributed by atoms with Crippen molar-refractivity contribution in [2.45, 2.75) is 44.2 Å². The SMILES string of the molecule is O=C(O)c1ccc2c(c1)nc(-c1ccc(OC(c3ccccc3)C3C=CC=CC3)cc1)n2C1CCCC1. The fraction of sp³-hybridized carbons (Fsp3) is 0.250. The van der Waals surface area contributed by atoms with Crippen molar-refractivity contribution in [1.29, 1.82) is 0 Å². The van der Waals surface area contributed by atoms with Crippen LogP contribution in [0.15, 0.2) is 97.1 Å². The van der Waals surface area contributed by atoms with Crippen LogP contribution in [-0.2, 0) is 0 Å². The number of aromatic nitrogens is 2. The van der Waals surface area contributed by atoms with Crippen molar-refractivity contribution in [2.75, 3.05) is 0 Å². The number of ether oxygens (including phenoxy) is 1. The summed E-state index contributed by atoms with van der Waals surface area (Å²) in [6, 6.07) is 24.2. The summed E-state index contributed by atoms with van der Waals surface area (Å²) < 4.78 is 8.90. The van der Waals surface area contributed by atoms with Gasteiger partial charge in [0.25, 0.3) is 0 Å². The lowest BCUT2D eigenvalue weighted by molar-refractivity contribution is 0.0697. The molecule has 0 radical (unpaired) electrons. The molecule has 2 unspecified atom stereocenters. The van der Waals surface area contributed by atoms with Gasteiger partial charge in [-0.2, -0.15) is 0 Å². The van der Waals surface area contributed by atoms with E-state index in [-0.39, 0.29) is 17.6 Å². The number of benzene rings is 3. The highest BCUT2D eigenvalue weighted by atomic mass is 16.5. The molecular weight excluding hydrogens is 460 g/mol. The zero-order valence-corrected chi connectivity index (χ0v) is 20.7. The fourth-order valence-corrected chi connectivity index (χ4v) is 5.67. The van der Waals surface area contributed by atoms with E-state index in [1.807, 2.05) is 24.3 Å². The average molecular weight is 491 g/mol. The van der Waals surface area contributed by atoms with Gasteiger partial charge in [0.05, 0.1) is 16.6 Å². The molecule has 0 spiro atoms. The Morgan fingerprint density at radius 2 is 1.76 bits per heavy atom. The van der Waals surface area contributed by atoms with Gasteiger partial charge >= 0.3 is 5.97 Å². The smallest absolute Gasteiger partial charge is 0.335 e. The van der Waals surface area contributed by atoms with Crippen molar-refractivity contribution >= 4 is 17.0 Å². The summed E-state index contributed by atoms with van der Waals surface area (Å²) in [6.07, 6.45) is 14.1. The third kappa shape index (κ3) is 4.69. The Kier molecular flexibility index (Phi) is 6.35. The summed E-state index contributed by atoms with van der Waals surface area (Å²) in [7, 11) is 0. The van der Waals surface area contributed by atoms with Gasteiger partial charge in [-0.05, 0) is 67.3 Å². The number of imidazole rings is 1. The number of carboxylic acids is 1. The maximum absolute atomic E-state index is 11.5. The first-order valence-electron chi connectivity index (χ1n) is 13.1. The Bertz CT molecular complexity index is 1460. The Balaban J connectivity index is 1.34. The average Bonchev–Trinajstić information content (AvgIpc) is 3.60. The van der Waals surface area contributed by atoms with E-state index in [0.29, 0.717) is 6.04 Å². The first-order chi connectivity index (χ1) is 18.2. The molecule has 2 aliphatic rings. The molecule has 6 rings (SSSR count). The molecule has 1 aromatic heterocycles. The predicted molar refractivity (Wildman–Crippen MR) is 146 cm³/mol. The summed E-state index contributed by atoms with van der Waals surface area (Å²) >= 11 is 0. The van der Waals surface area contributed by atoms with E-state index in [1.54, 1.807) is 12.1 Å². The first kappa shape index (κ1) is 23.3. The molecule has 1 fully saturated rings. The van der Waals surface area contributed by atoms with Gasteiger partial charge in [0.15, 0.2) is 0 Å². The molecule has 37 heavy (non-hydrogen) atoms. The maximum atomic E-state index is 11.5. The van der Waals surface area contributed by atoms with Crippen molar-refractivity contribution in [1.82, 2.24) is 9.55 Å². The van der Waals surface area contributed by atoms with E-state index in [0.717, 1.165) is 53.0 Å². The Morgan fingerprint density at radius 1 is 0.973 bits per heavy atom. The highest BCUT2D eigenvalue weighted by Crippen LogP contribution is 2.38. The van der Waals surface area contributed by atoms with Gasteiger partial charge in [0.2, 0.25) is 0 Å². The second-order valence-corrected chi connectivity index (χ2v) is 9.94. The minimum absolute atomic E-state index is 0.0780. The van der Waals surface area contributed by atoms with Gasteiger partial charge in [-0.25, -0.2) is 9.78 Å². The Morgan fingerprint density at radius 3 is 2.46 bits per heavy atom. The molecule has 5 heteroatoms. The molecular formula is C32H30N2O3. The minimum Gasteiger partial charge on any atom is -0.485 e. The molecule has 5 nitrogen and oxygen atoms in total. The standard InChI is InChI=1S/C32H30N2O3/c35-32(36)25-17-20-29-28(21-25)33-31(34(29)26-13-7-8-14-26)24-15-18-27(19-16-24)37-30(22-9-3-1-4-10-22)23-11-5-2-6-12-23/h1-6,9-11,15-21,23,26,30H,7-8,12-14H2,(H,35,36). The van der Waals surface area contributed by atoms with Crippen LogP contribution in [0.3, 0.4) is 0 Å². The summed E-state index contributed by atoms with van der Waals surface area (Å²) in [5, 5.41) is 9.47.